The van der Waals surface area contributed by atoms with Crippen molar-refractivity contribution < 1.29 is 5.11 Å². The molecule has 1 saturated carbocycles. The molecular weight excluding hydrogens is 242 g/mol. The van der Waals surface area contributed by atoms with Crippen LogP contribution in [0.4, 0.5) is 17.6 Å². The van der Waals surface area contributed by atoms with E-state index in [1.54, 1.807) is 6.07 Å². The summed E-state index contributed by atoms with van der Waals surface area (Å²) in [6.07, 6.45) is 5.15. The second-order valence-electron chi connectivity index (χ2n) is 5.75. The van der Waals surface area contributed by atoms with Gasteiger partial charge in [-0.3, -0.25) is 0 Å². The van der Waals surface area contributed by atoms with Crippen molar-refractivity contribution in [3.8, 4) is 0 Å². The van der Waals surface area contributed by atoms with Crippen molar-refractivity contribution in [2.45, 2.75) is 37.7 Å². The minimum atomic E-state index is -0.473. The van der Waals surface area contributed by atoms with E-state index < -0.39 is 5.60 Å². The van der Waals surface area contributed by atoms with Gasteiger partial charge in [-0.15, -0.1) is 0 Å². The van der Waals surface area contributed by atoms with Crippen LogP contribution in [0.3, 0.4) is 0 Å². The number of nitrogen functional groups attached to an aromatic ring is 2. The van der Waals surface area contributed by atoms with E-state index in [4.69, 9.17) is 11.5 Å². The van der Waals surface area contributed by atoms with Gasteiger partial charge < -0.3 is 21.5 Å². The predicted octanol–water partition coefficient (Wildman–Crippen LogP) is 0.772. The fourth-order valence-corrected chi connectivity index (χ4v) is 3.41. The highest BCUT2D eigenvalue weighted by Crippen LogP contribution is 2.40. The highest BCUT2D eigenvalue weighted by Gasteiger charge is 2.43. The quantitative estimate of drug-likeness (QED) is 0.692. The van der Waals surface area contributed by atoms with Crippen LogP contribution in [0.15, 0.2) is 6.07 Å². The second kappa shape index (κ2) is 4.52. The van der Waals surface area contributed by atoms with Crippen LogP contribution >= 0.6 is 0 Å². The van der Waals surface area contributed by atoms with Crippen molar-refractivity contribution in [1.29, 1.82) is 0 Å². The highest BCUT2D eigenvalue weighted by atomic mass is 16.3. The molecule has 2 atom stereocenters. The lowest BCUT2D eigenvalue weighted by Crippen LogP contribution is -2.53. The van der Waals surface area contributed by atoms with Gasteiger partial charge in [0.25, 0.3) is 0 Å². The number of rotatable bonds is 1. The molecule has 2 aliphatic rings. The zero-order valence-electron chi connectivity index (χ0n) is 11.0. The number of hydrogen-bond acceptors (Lipinski definition) is 6. The zero-order chi connectivity index (χ0) is 13.5. The summed E-state index contributed by atoms with van der Waals surface area (Å²) >= 11 is 0. The molecule has 0 amide bonds. The van der Waals surface area contributed by atoms with E-state index in [2.05, 4.69) is 14.9 Å². The first-order valence-electron chi connectivity index (χ1n) is 6.94. The van der Waals surface area contributed by atoms with Gasteiger partial charge in [-0.25, -0.2) is 0 Å². The Morgan fingerprint density at radius 2 is 2.11 bits per heavy atom. The van der Waals surface area contributed by atoms with Gasteiger partial charge in [0.05, 0.1) is 5.60 Å². The molecule has 1 aromatic heterocycles. The lowest BCUT2D eigenvalue weighted by atomic mass is 9.71. The van der Waals surface area contributed by atoms with Crippen LogP contribution in [0, 0.1) is 5.92 Å². The van der Waals surface area contributed by atoms with Crippen molar-refractivity contribution in [2.75, 3.05) is 29.5 Å². The monoisotopic (exact) mass is 263 g/mol. The molecule has 0 aromatic carbocycles. The maximum atomic E-state index is 10.7. The van der Waals surface area contributed by atoms with E-state index in [1.807, 2.05) is 0 Å². The zero-order valence-corrected chi connectivity index (χ0v) is 11.0. The standard InChI is InChI=1S/C13H21N5O/c14-10-7-11(17-12(15)16-10)18-6-5-13(19)4-2-1-3-9(13)8-18/h7,9,19H,1-6,8H2,(H4,14,15,16,17). The number of nitrogens with two attached hydrogens (primary N) is 2. The molecule has 0 spiro atoms. The van der Waals surface area contributed by atoms with E-state index >= 15 is 0 Å². The molecule has 2 unspecified atom stereocenters. The molecule has 1 aromatic rings. The number of fused-ring (bicyclic) bond motifs is 1. The normalized spacial score (nSPS) is 31.0. The molecule has 0 bridgehead atoms. The minimum Gasteiger partial charge on any atom is -0.389 e. The molecule has 2 fully saturated rings. The van der Waals surface area contributed by atoms with Gasteiger partial charge in [0.1, 0.15) is 11.6 Å². The molecule has 104 valence electrons. The third kappa shape index (κ3) is 2.32. The topological polar surface area (TPSA) is 101 Å². The van der Waals surface area contributed by atoms with Crippen LogP contribution in [0.5, 0.6) is 0 Å². The van der Waals surface area contributed by atoms with Crippen molar-refractivity contribution in [3.63, 3.8) is 0 Å². The number of piperidine rings is 1. The summed E-state index contributed by atoms with van der Waals surface area (Å²) in [6.45, 7) is 1.62. The molecule has 1 saturated heterocycles. The summed E-state index contributed by atoms with van der Waals surface area (Å²) in [5.74, 6) is 1.71. The largest absolute Gasteiger partial charge is 0.389 e. The van der Waals surface area contributed by atoms with Gasteiger partial charge in [-0.2, -0.15) is 9.97 Å². The van der Waals surface area contributed by atoms with Crippen LogP contribution in [-0.4, -0.2) is 33.8 Å². The molecule has 3 rings (SSSR count). The van der Waals surface area contributed by atoms with Gasteiger partial charge in [-0.1, -0.05) is 12.8 Å². The van der Waals surface area contributed by atoms with Gasteiger partial charge in [0.15, 0.2) is 0 Å². The summed E-state index contributed by atoms with van der Waals surface area (Å²) in [5, 5.41) is 10.7. The highest BCUT2D eigenvalue weighted by molar-refractivity contribution is 5.50. The van der Waals surface area contributed by atoms with E-state index in [1.165, 1.54) is 6.42 Å². The van der Waals surface area contributed by atoms with Crippen molar-refractivity contribution in [2.24, 2.45) is 5.92 Å². The summed E-state index contributed by atoms with van der Waals surface area (Å²) in [4.78, 5) is 10.3. The fourth-order valence-electron chi connectivity index (χ4n) is 3.41. The molecule has 5 N–H and O–H groups in total. The predicted molar refractivity (Wildman–Crippen MR) is 74.6 cm³/mol. The summed E-state index contributed by atoms with van der Waals surface area (Å²) in [5.41, 5.74) is 10.9. The van der Waals surface area contributed by atoms with Crippen molar-refractivity contribution >= 4 is 17.6 Å². The van der Waals surface area contributed by atoms with Crippen LogP contribution in [-0.2, 0) is 0 Å². The van der Waals surface area contributed by atoms with Gasteiger partial charge >= 0.3 is 0 Å². The van der Waals surface area contributed by atoms with Crippen LogP contribution in [0.2, 0.25) is 0 Å². The number of anilines is 3. The Balaban J connectivity index is 1.80. The molecule has 0 radical (unpaired) electrons. The van der Waals surface area contributed by atoms with Gasteiger partial charge in [-0.05, 0) is 19.3 Å². The van der Waals surface area contributed by atoms with E-state index in [0.29, 0.717) is 11.7 Å². The maximum Gasteiger partial charge on any atom is 0.223 e. The lowest BCUT2D eigenvalue weighted by Gasteiger charge is -2.47. The summed E-state index contributed by atoms with van der Waals surface area (Å²) < 4.78 is 0. The van der Waals surface area contributed by atoms with Crippen molar-refractivity contribution in [3.05, 3.63) is 6.07 Å². The average Bonchev–Trinajstić information content (AvgIpc) is 2.36. The molecule has 19 heavy (non-hydrogen) atoms. The average molecular weight is 263 g/mol. The molecule has 1 aliphatic heterocycles. The molecule has 6 nitrogen and oxygen atoms in total. The fraction of sp³-hybridized carbons (Fsp3) is 0.692. The number of aliphatic hydroxyl groups is 1. The first kappa shape index (κ1) is 12.5. The van der Waals surface area contributed by atoms with Crippen LogP contribution < -0.4 is 16.4 Å². The third-order valence-corrected chi connectivity index (χ3v) is 4.50. The second-order valence-corrected chi connectivity index (χ2v) is 5.75. The van der Waals surface area contributed by atoms with E-state index in [-0.39, 0.29) is 5.95 Å². The van der Waals surface area contributed by atoms with Crippen LogP contribution in [0.1, 0.15) is 32.1 Å². The molecule has 1 aliphatic carbocycles. The van der Waals surface area contributed by atoms with Crippen molar-refractivity contribution in [1.82, 2.24) is 9.97 Å². The first-order valence-corrected chi connectivity index (χ1v) is 6.94. The van der Waals surface area contributed by atoms with Crippen LogP contribution in [0.25, 0.3) is 0 Å². The molecule has 2 heterocycles. The first-order chi connectivity index (χ1) is 9.07. The number of hydrogen-bond donors (Lipinski definition) is 3. The Morgan fingerprint density at radius 1 is 1.26 bits per heavy atom. The Labute approximate surface area is 112 Å². The SMILES string of the molecule is Nc1cc(N2CCC3(O)CCCCC3C2)nc(N)n1. The van der Waals surface area contributed by atoms with Gasteiger partial charge in [0, 0.05) is 25.1 Å². The number of aromatic nitrogens is 2. The lowest BCUT2D eigenvalue weighted by molar-refractivity contribution is -0.0613. The van der Waals surface area contributed by atoms with E-state index in [9.17, 15) is 5.11 Å². The number of nitrogens with zero attached hydrogens (tertiary/aromatic N) is 3. The third-order valence-electron chi connectivity index (χ3n) is 4.50. The molecule has 6 heteroatoms. The smallest absolute Gasteiger partial charge is 0.223 e. The van der Waals surface area contributed by atoms with E-state index in [0.717, 1.165) is 44.6 Å². The Bertz CT molecular complexity index is 460. The summed E-state index contributed by atoms with van der Waals surface area (Å²) in [6, 6.07) is 1.75. The Hall–Kier alpha value is -1.56. The Kier molecular flexibility index (Phi) is 2.97. The molecular formula is C13H21N5O. The minimum absolute atomic E-state index is 0.208. The maximum absolute atomic E-state index is 10.7. The Morgan fingerprint density at radius 3 is 2.89 bits per heavy atom. The van der Waals surface area contributed by atoms with Gasteiger partial charge in [0.2, 0.25) is 5.95 Å². The summed E-state index contributed by atoms with van der Waals surface area (Å²) in [7, 11) is 0.